The Morgan fingerprint density at radius 3 is 2.72 bits per heavy atom. The number of hydrogen-bond acceptors (Lipinski definition) is 4. The molecular formula is C11H17N5O2. The van der Waals surface area contributed by atoms with E-state index in [0.29, 0.717) is 12.4 Å². The second kappa shape index (κ2) is 4.32. The van der Waals surface area contributed by atoms with Gasteiger partial charge in [0, 0.05) is 13.6 Å². The number of likely N-dealkylation sites (N-methyl/N-ethyl adjacent to an activating group) is 1. The minimum Gasteiger partial charge on any atom is -0.481 e. The molecule has 0 saturated carbocycles. The first-order valence-corrected chi connectivity index (χ1v) is 5.73. The van der Waals surface area contributed by atoms with Crippen LogP contribution in [0.1, 0.15) is 24.2 Å². The van der Waals surface area contributed by atoms with Gasteiger partial charge in [0.15, 0.2) is 0 Å². The number of carbonyl (C=O) groups is 1. The molecule has 1 aromatic heterocycles. The fraction of sp³-hybridized carbons (Fsp3) is 0.545. The van der Waals surface area contributed by atoms with Gasteiger partial charge in [-0.15, -0.1) is 0 Å². The van der Waals surface area contributed by atoms with Crippen molar-refractivity contribution in [3.8, 4) is 5.88 Å². The molecule has 2 amide bonds. The molecule has 0 saturated heterocycles. The first-order valence-electron chi connectivity index (χ1n) is 5.73. The van der Waals surface area contributed by atoms with Gasteiger partial charge < -0.3 is 15.4 Å². The number of rotatable bonds is 3. The van der Waals surface area contributed by atoms with Crippen LogP contribution >= 0.6 is 0 Å². The maximum absolute atomic E-state index is 11.7. The monoisotopic (exact) mass is 251 g/mol. The van der Waals surface area contributed by atoms with Crippen molar-refractivity contribution in [2.24, 2.45) is 17.8 Å². The molecule has 0 aliphatic carbocycles. The maximum Gasteiger partial charge on any atom is 0.346 e. The smallest absolute Gasteiger partial charge is 0.346 e. The summed E-state index contributed by atoms with van der Waals surface area (Å²) in [7, 11) is 3.36. The molecule has 2 heterocycles. The summed E-state index contributed by atoms with van der Waals surface area (Å²) in [6, 6.07) is -0.698. The molecule has 0 bridgehead atoms. The van der Waals surface area contributed by atoms with Crippen molar-refractivity contribution in [3.05, 3.63) is 11.3 Å². The molecule has 1 aliphatic heterocycles. The molecule has 0 radical (unpaired) electrons. The van der Waals surface area contributed by atoms with Crippen LogP contribution in [0.3, 0.4) is 0 Å². The van der Waals surface area contributed by atoms with E-state index >= 15 is 0 Å². The van der Waals surface area contributed by atoms with E-state index in [4.69, 9.17) is 10.5 Å². The molecule has 1 aliphatic rings. The number of urea groups is 1. The Hall–Kier alpha value is -2.05. The van der Waals surface area contributed by atoms with Gasteiger partial charge in [0.05, 0.1) is 18.4 Å². The number of aliphatic imine (C=N–C) groups is 1. The van der Waals surface area contributed by atoms with Crippen molar-refractivity contribution in [1.29, 1.82) is 0 Å². The first-order chi connectivity index (χ1) is 8.51. The average Bonchev–Trinajstić information content (AvgIpc) is 2.74. The third-order valence-corrected chi connectivity index (χ3v) is 3.08. The zero-order valence-electron chi connectivity index (χ0n) is 11.0. The van der Waals surface area contributed by atoms with E-state index in [1.54, 1.807) is 23.7 Å². The number of methoxy groups -OCH3 is 1. The van der Waals surface area contributed by atoms with Crippen molar-refractivity contribution in [2.75, 3.05) is 13.7 Å². The number of aryl methyl sites for hydroxylation is 2. The zero-order valence-corrected chi connectivity index (χ0v) is 11.0. The lowest BCUT2D eigenvalue weighted by Crippen LogP contribution is -2.33. The lowest BCUT2D eigenvalue weighted by molar-refractivity contribution is 0.209. The molecule has 0 fully saturated rings. The van der Waals surface area contributed by atoms with Gasteiger partial charge in [0.2, 0.25) is 5.88 Å². The Morgan fingerprint density at radius 1 is 1.50 bits per heavy atom. The summed E-state index contributed by atoms with van der Waals surface area (Å²) >= 11 is 0. The first kappa shape index (κ1) is 12.4. The fourth-order valence-electron chi connectivity index (χ4n) is 2.34. The minimum absolute atomic E-state index is 0.288. The molecule has 7 nitrogen and oxygen atoms in total. The van der Waals surface area contributed by atoms with Crippen LogP contribution in [0.4, 0.5) is 4.79 Å². The van der Waals surface area contributed by atoms with Crippen molar-refractivity contribution in [3.63, 3.8) is 0 Å². The van der Waals surface area contributed by atoms with E-state index in [1.807, 2.05) is 13.8 Å². The molecule has 0 spiro atoms. The second-order valence-corrected chi connectivity index (χ2v) is 4.14. The SMILES string of the molecule is CCN1C(=O)N=C(N)C1c1c(C)nn(C)c1OC. The molecule has 18 heavy (non-hydrogen) atoms. The van der Waals surface area contributed by atoms with Crippen LogP contribution in [0.15, 0.2) is 4.99 Å². The van der Waals surface area contributed by atoms with Crippen LogP contribution in [0, 0.1) is 6.92 Å². The van der Waals surface area contributed by atoms with E-state index in [9.17, 15) is 4.79 Å². The summed E-state index contributed by atoms with van der Waals surface area (Å²) in [6.45, 7) is 4.28. The normalized spacial score (nSPS) is 19.3. The molecule has 2 rings (SSSR count). The predicted octanol–water partition coefficient (Wildman–Crippen LogP) is 0.591. The maximum atomic E-state index is 11.7. The highest BCUT2D eigenvalue weighted by molar-refractivity contribution is 6.03. The molecule has 0 aromatic carbocycles. The van der Waals surface area contributed by atoms with Crippen LogP contribution in [0.2, 0.25) is 0 Å². The molecule has 1 aromatic rings. The van der Waals surface area contributed by atoms with Gasteiger partial charge in [-0.3, -0.25) is 0 Å². The van der Waals surface area contributed by atoms with E-state index in [2.05, 4.69) is 10.1 Å². The topological polar surface area (TPSA) is 85.7 Å². The number of aromatic nitrogens is 2. The summed E-state index contributed by atoms with van der Waals surface area (Å²) in [5, 5.41) is 4.30. The van der Waals surface area contributed by atoms with Crippen LogP contribution in [0.5, 0.6) is 5.88 Å². The summed E-state index contributed by atoms with van der Waals surface area (Å²) in [5.41, 5.74) is 7.45. The molecule has 98 valence electrons. The van der Waals surface area contributed by atoms with Gasteiger partial charge in [-0.1, -0.05) is 0 Å². The highest BCUT2D eigenvalue weighted by Crippen LogP contribution is 2.34. The van der Waals surface area contributed by atoms with Crippen molar-refractivity contribution in [2.45, 2.75) is 19.9 Å². The van der Waals surface area contributed by atoms with Crippen LogP contribution in [-0.2, 0) is 7.05 Å². The third-order valence-electron chi connectivity index (χ3n) is 3.08. The van der Waals surface area contributed by atoms with Gasteiger partial charge in [-0.05, 0) is 13.8 Å². The van der Waals surface area contributed by atoms with Crippen LogP contribution in [-0.4, -0.2) is 40.2 Å². The second-order valence-electron chi connectivity index (χ2n) is 4.14. The third kappa shape index (κ3) is 1.62. The number of nitrogens with zero attached hydrogens (tertiary/aromatic N) is 4. The molecule has 1 atom stereocenters. The van der Waals surface area contributed by atoms with E-state index < -0.39 is 0 Å². The number of amides is 2. The highest BCUT2D eigenvalue weighted by atomic mass is 16.5. The number of hydrogen-bond donors (Lipinski definition) is 1. The van der Waals surface area contributed by atoms with Gasteiger partial charge in [0.25, 0.3) is 0 Å². The largest absolute Gasteiger partial charge is 0.481 e. The highest BCUT2D eigenvalue weighted by Gasteiger charge is 2.38. The van der Waals surface area contributed by atoms with Crippen LogP contribution in [0.25, 0.3) is 0 Å². The van der Waals surface area contributed by atoms with Crippen LogP contribution < -0.4 is 10.5 Å². The van der Waals surface area contributed by atoms with E-state index in [1.165, 1.54) is 0 Å². The quantitative estimate of drug-likeness (QED) is 0.852. The lowest BCUT2D eigenvalue weighted by atomic mass is 10.1. The van der Waals surface area contributed by atoms with Crippen molar-refractivity contribution < 1.29 is 9.53 Å². The van der Waals surface area contributed by atoms with Gasteiger partial charge in [0.1, 0.15) is 11.9 Å². The van der Waals surface area contributed by atoms with Crippen molar-refractivity contribution in [1.82, 2.24) is 14.7 Å². The molecule has 7 heteroatoms. The molecule has 1 unspecified atom stereocenters. The number of ether oxygens (including phenoxy) is 1. The number of amidine groups is 1. The molecule has 2 N–H and O–H groups in total. The minimum atomic E-state index is -0.383. The summed E-state index contributed by atoms with van der Waals surface area (Å²) in [5.74, 6) is 0.889. The van der Waals surface area contributed by atoms with Gasteiger partial charge in [-0.25, -0.2) is 9.48 Å². The summed E-state index contributed by atoms with van der Waals surface area (Å²) in [4.78, 5) is 17.1. The Balaban J connectivity index is 2.54. The van der Waals surface area contributed by atoms with Crippen molar-refractivity contribution >= 4 is 11.9 Å². The van der Waals surface area contributed by atoms with Gasteiger partial charge in [-0.2, -0.15) is 10.1 Å². The predicted molar refractivity (Wildman–Crippen MR) is 66.6 cm³/mol. The van der Waals surface area contributed by atoms with E-state index in [0.717, 1.165) is 11.3 Å². The Kier molecular flexibility index (Phi) is 2.98. The summed E-state index contributed by atoms with van der Waals surface area (Å²) < 4.78 is 6.97. The number of nitrogens with two attached hydrogens (primary N) is 1. The standard InChI is InChI=1S/C11H17N5O2/c1-5-16-8(9(12)13-11(16)17)7-6(2)14-15(3)10(7)18-4/h8H,5H2,1-4H3,(H2,12,13,17). The average molecular weight is 251 g/mol. The Bertz CT molecular complexity index is 520. The van der Waals surface area contributed by atoms with E-state index in [-0.39, 0.29) is 17.9 Å². The summed E-state index contributed by atoms with van der Waals surface area (Å²) in [6.07, 6.45) is 0. The number of carbonyl (C=O) groups excluding carboxylic acids is 1. The van der Waals surface area contributed by atoms with Gasteiger partial charge >= 0.3 is 6.03 Å². The Morgan fingerprint density at radius 2 is 2.17 bits per heavy atom. The zero-order chi connectivity index (χ0) is 13.4. The lowest BCUT2D eigenvalue weighted by Gasteiger charge is -2.23. The molecular weight excluding hydrogens is 234 g/mol. The Labute approximate surface area is 105 Å². The fourth-order valence-corrected chi connectivity index (χ4v) is 2.34.